The van der Waals surface area contributed by atoms with Gasteiger partial charge in [-0.05, 0) is 37.6 Å². The van der Waals surface area contributed by atoms with Gasteiger partial charge in [0.05, 0.1) is 16.6 Å². The molecule has 0 aliphatic carbocycles. The van der Waals surface area contributed by atoms with E-state index in [-0.39, 0.29) is 24.2 Å². The van der Waals surface area contributed by atoms with E-state index in [1.165, 1.54) is 0 Å². The van der Waals surface area contributed by atoms with Gasteiger partial charge in [-0.2, -0.15) is 0 Å². The zero-order valence-electron chi connectivity index (χ0n) is 9.63. The van der Waals surface area contributed by atoms with Crippen molar-refractivity contribution in [1.82, 2.24) is 5.32 Å². The number of anilines is 1. The Kier molecular flexibility index (Phi) is 5.25. The van der Waals surface area contributed by atoms with E-state index in [9.17, 15) is 4.79 Å². The summed E-state index contributed by atoms with van der Waals surface area (Å²) < 4.78 is 0. The summed E-state index contributed by atoms with van der Waals surface area (Å²) in [6.45, 7) is 3.65. The van der Waals surface area contributed by atoms with Crippen molar-refractivity contribution in [2.45, 2.75) is 13.3 Å². The molecule has 1 fully saturated rings. The van der Waals surface area contributed by atoms with Gasteiger partial charge in [0, 0.05) is 6.54 Å². The van der Waals surface area contributed by atoms with Crippen LogP contribution in [-0.4, -0.2) is 19.0 Å². The largest absolute Gasteiger partial charge is 0.324 e. The van der Waals surface area contributed by atoms with Crippen molar-refractivity contribution in [2.75, 3.05) is 18.4 Å². The first-order chi connectivity index (χ1) is 7.66. The molecule has 2 rings (SSSR count). The standard InChI is InChI=1S/C12H15ClN2O.ClH/c1-8-2-3-11(10(13)6-8)15-12(16)9-4-5-14-7-9;/h2-3,6,9,14H,4-5,7H2,1H3,(H,15,16);1H. The quantitative estimate of drug-likeness (QED) is 0.871. The molecular weight excluding hydrogens is 259 g/mol. The number of carbonyl (C=O) groups is 1. The third-order valence-electron chi connectivity index (χ3n) is 2.81. The number of benzene rings is 1. The molecule has 1 unspecified atom stereocenters. The van der Waals surface area contributed by atoms with Crippen LogP contribution in [0, 0.1) is 12.8 Å². The molecular formula is C12H16Cl2N2O. The number of rotatable bonds is 2. The lowest BCUT2D eigenvalue weighted by molar-refractivity contribution is -0.119. The minimum Gasteiger partial charge on any atom is -0.324 e. The lowest BCUT2D eigenvalue weighted by Crippen LogP contribution is -2.24. The Hall–Kier alpha value is -0.770. The highest BCUT2D eigenvalue weighted by atomic mass is 35.5. The van der Waals surface area contributed by atoms with Crippen molar-refractivity contribution < 1.29 is 4.79 Å². The minimum atomic E-state index is 0. The zero-order valence-corrected chi connectivity index (χ0v) is 11.2. The molecule has 0 saturated carbocycles. The fourth-order valence-corrected chi connectivity index (χ4v) is 2.12. The van der Waals surface area contributed by atoms with Crippen molar-refractivity contribution in [3.8, 4) is 0 Å². The number of hydrogen-bond acceptors (Lipinski definition) is 2. The normalized spacial score (nSPS) is 18.6. The lowest BCUT2D eigenvalue weighted by Gasteiger charge is -2.11. The fourth-order valence-electron chi connectivity index (χ4n) is 1.83. The van der Waals surface area contributed by atoms with Gasteiger partial charge in [-0.1, -0.05) is 17.7 Å². The highest BCUT2D eigenvalue weighted by Gasteiger charge is 2.22. The lowest BCUT2D eigenvalue weighted by atomic mass is 10.1. The number of hydrogen-bond donors (Lipinski definition) is 2. The Balaban J connectivity index is 0.00000144. The maximum absolute atomic E-state index is 11.8. The van der Waals surface area contributed by atoms with Crippen LogP contribution >= 0.6 is 24.0 Å². The van der Waals surface area contributed by atoms with Crippen LogP contribution in [0.1, 0.15) is 12.0 Å². The third-order valence-corrected chi connectivity index (χ3v) is 3.13. The molecule has 0 bridgehead atoms. The summed E-state index contributed by atoms with van der Waals surface area (Å²) in [5, 5.41) is 6.63. The molecule has 3 nitrogen and oxygen atoms in total. The average Bonchev–Trinajstić information content (AvgIpc) is 2.75. The summed E-state index contributed by atoms with van der Waals surface area (Å²) in [5.41, 5.74) is 1.79. The molecule has 1 saturated heterocycles. The molecule has 17 heavy (non-hydrogen) atoms. The summed E-state index contributed by atoms with van der Waals surface area (Å²) in [7, 11) is 0. The molecule has 1 heterocycles. The Bertz CT molecular complexity index is 403. The number of carbonyl (C=O) groups excluding carboxylic acids is 1. The third kappa shape index (κ3) is 3.60. The van der Waals surface area contributed by atoms with Gasteiger partial charge < -0.3 is 10.6 Å². The van der Waals surface area contributed by atoms with Crippen molar-refractivity contribution in [2.24, 2.45) is 5.92 Å². The zero-order chi connectivity index (χ0) is 11.5. The fraction of sp³-hybridized carbons (Fsp3) is 0.417. The summed E-state index contributed by atoms with van der Waals surface area (Å²) >= 11 is 6.05. The summed E-state index contributed by atoms with van der Waals surface area (Å²) in [5.74, 6) is 0.119. The van der Waals surface area contributed by atoms with Gasteiger partial charge in [-0.25, -0.2) is 0 Å². The Morgan fingerprint density at radius 2 is 2.29 bits per heavy atom. The van der Waals surface area contributed by atoms with Gasteiger partial charge in [0.25, 0.3) is 0 Å². The molecule has 1 aliphatic rings. The van der Waals surface area contributed by atoms with Crippen LogP contribution < -0.4 is 10.6 Å². The molecule has 1 aliphatic heterocycles. The molecule has 1 aromatic carbocycles. The maximum Gasteiger partial charge on any atom is 0.228 e. The molecule has 0 spiro atoms. The average molecular weight is 275 g/mol. The summed E-state index contributed by atoms with van der Waals surface area (Å²) in [4.78, 5) is 11.8. The predicted octanol–water partition coefficient (Wildman–Crippen LogP) is 2.62. The van der Waals surface area contributed by atoms with E-state index in [0.717, 1.165) is 25.1 Å². The van der Waals surface area contributed by atoms with Gasteiger partial charge in [-0.15, -0.1) is 12.4 Å². The number of aryl methyl sites for hydroxylation is 1. The first-order valence-corrected chi connectivity index (χ1v) is 5.82. The van der Waals surface area contributed by atoms with Gasteiger partial charge in [0.15, 0.2) is 0 Å². The van der Waals surface area contributed by atoms with E-state index in [0.29, 0.717) is 10.7 Å². The highest BCUT2D eigenvalue weighted by molar-refractivity contribution is 6.33. The predicted molar refractivity (Wildman–Crippen MR) is 73.0 cm³/mol. The van der Waals surface area contributed by atoms with Crippen molar-refractivity contribution in [3.05, 3.63) is 28.8 Å². The van der Waals surface area contributed by atoms with Crippen LogP contribution in [0.25, 0.3) is 0 Å². The molecule has 1 aromatic rings. The molecule has 1 atom stereocenters. The van der Waals surface area contributed by atoms with E-state index in [1.807, 2.05) is 25.1 Å². The first-order valence-electron chi connectivity index (χ1n) is 5.44. The monoisotopic (exact) mass is 274 g/mol. The van der Waals surface area contributed by atoms with E-state index in [2.05, 4.69) is 10.6 Å². The molecule has 94 valence electrons. The SMILES string of the molecule is Cc1ccc(NC(=O)C2CCNC2)c(Cl)c1.Cl. The number of amides is 1. The Morgan fingerprint density at radius 1 is 1.53 bits per heavy atom. The van der Waals surface area contributed by atoms with Crippen molar-refractivity contribution in [3.63, 3.8) is 0 Å². The number of halogens is 2. The van der Waals surface area contributed by atoms with Crippen molar-refractivity contribution in [1.29, 1.82) is 0 Å². The maximum atomic E-state index is 11.8. The molecule has 2 N–H and O–H groups in total. The van der Waals surface area contributed by atoms with Gasteiger partial charge >= 0.3 is 0 Å². The molecule has 0 radical (unpaired) electrons. The smallest absolute Gasteiger partial charge is 0.228 e. The van der Waals surface area contributed by atoms with Gasteiger partial charge in [0.2, 0.25) is 5.91 Å². The van der Waals surface area contributed by atoms with E-state index in [1.54, 1.807) is 0 Å². The van der Waals surface area contributed by atoms with E-state index < -0.39 is 0 Å². The van der Waals surface area contributed by atoms with Crippen LogP contribution in [0.15, 0.2) is 18.2 Å². The second-order valence-electron chi connectivity index (χ2n) is 4.16. The van der Waals surface area contributed by atoms with Gasteiger partial charge in [-0.3, -0.25) is 4.79 Å². The second-order valence-corrected chi connectivity index (χ2v) is 4.57. The van der Waals surface area contributed by atoms with E-state index in [4.69, 9.17) is 11.6 Å². The van der Waals surface area contributed by atoms with Crippen LogP contribution in [0.4, 0.5) is 5.69 Å². The Morgan fingerprint density at radius 3 is 2.88 bits per heavy atom. The van der Waals surface area contributed by atoms with Crippen LogP contribution in [0.3, 0.4) is 0 Å². The highest BCUT2D eigenvalue weighted by Crippen LogP contribution is 2.23. The molecule has 0 aromatic heterocycles. The minimum absolute atomic E-state index is 0. The van der Waals surface area contributed by atoms with E-state index >= 15 is 0 Å². The number of nitrogens with one attached hydrogen (secondary N) is 2. The second kappa shape index (κ2) is 6.24. The van der Waals surface area contributed by atoms with Gasteiger partial charge in [0.1, 0.15) is 0 Å². The topological polar surface area (TPSA) is 41.1 Å². The summed E-state index contributed by atoms with van der Waals surface area (Å²) in [6.07, 6.45) is 0.898. The first kappa shape index (κ1) is 14.3. The van der Waals surface area contributed by atoms with Crippen LogP contribution in [0.2, 0.25) is 5.02 Å². The molecule has 1 amide bonds. The van der Waals surface area contributed by atoms with Crippen molar-refractivity contribution >= 4 is 35.6 Å². The molecule has 5 heteroatoms. The Labute approximate surface area is 112 Å². The van der Waals surface area contributed by atoms with Crippen LogP contribution in [0.5, 0.6) is 0 Å². The summed E-state index contributed by atoms with van der Waals surface area (Å²) in [6, 6.07) is 5.64. The van der Waals surface area contributed by atoms with Crippen LogP contribution in [-0.2, 0) is 4.79 Å².